The van der Waals surface area contributed by atoms with Crippen LogP contribution >= 0.6 is 11.8 Å². The van der Waals surface area contributed by atoms with Crippen molar-refractivity contribution in [2.24, 2.45) is 0 Å². The smallest absolute Gasteiger partial charge is 0.338 e. The summed E-state index contributed by atoms with van der Waals surface area (Å²) >= 11 is 1.56. The van der Waals surface area contributed by atoms with Crippen molar-refractivity contribution >= 4 is 23.4 Å². The van der Waals surface area contributed by atoms with Crippen LogP contribution in [0.4, 0.5) is 5.69 Å². The summed E-state index contributed by atoms with van der Waals surface area (Å²) in [6, 6.07) is 5.92. The fourth-order valence-corrected chi connectivity index (χ4v) is 3.48. The lowest BCUT2D eigenvalue weighted by Gasteiger charge is -2.18. The van der Waals surface area contributed by atoms with E-state index in [1.807, 2.05) is 25.1 Å². The molecule has 0 heterocycles. The Bertz CT molecular complexity index is 478. The number of anilines is 1. The topological polar surface area (TPSA) is 58.6 Å². The number of nitrogens with one attached hydrogen (secondary N) is 1. The van der Waals surface area contributed by atoms with Gasteiger partial charge in [-0.15, -0.1) is 11.8 Å². The number of carboxylic acid groups (broad SMARTS) is 1. The molecule has 4 nitrogen and oxygen atoms in total. The number of hydrogen-bond acceptors (Lipinski definition) is 4. The third kappa shape index (κ3) is 3.46. The Balaban J connectivity index is 2.18. The molecule has 1 fully saturated rings. The SMILES string of the molecule is CCSc1cccc(NC2CCC(OC)C2)c1C(=O)O. The second-order valence-corrected chi connectivity index (χ2v) is 6.23. The molecule has 110 valence electrons. The zero-order valence-corrected chi connectivity index (χ0v) is 12.7. The van der Waals surface area contributed by atoms with Gasteiger partial charge in [0.25, 0.3) is 0 Å². The van der Waals surface area contributed by atoms with Gasteiger partial charge >= 0.3 is 5.97 Å². The van der Waals surface area contributed by atoms with Crippen molar-refractivity contribution in [3.8, 4) is 0 Å². The summed E-state index contributed by atoms with van der Waals surface area (Å²) < 4.78 is 5.36. The highest BCUT2D eigenvalue weighted by Gasteiger charge is 2.26. The van der Waals surface area contributed by atoms with Crippen LogP contribution in [0, 0.1) is 0 Å². The second kappa shape index (κ2) is 6.99. The van der Waals surface area contributed by atoms with Crippen molar-refractivity contribution in [3.05, 3.63) is 23.8 Å². The maximum absolute atomic E-state index is 11.5. The molecule has 1 aromatic carbocycles. The molecule has 0 bridgehead atoms. The van der Waals surface area contributed by atoms with E-state index in [2.05, 4.69) is 5.32 Å². The summed E-state index contributed by atoms with van der Waals surface area (Å²) in [6.07, 6.45) is 3.26. The largest absolute Gasteiger partial charge is 0.478 e. The number of rotatable bonds is 6. The molecular formula is C15H21NO3S. The van der Waals surface area contributed by atoms with Crippen molar-refractivity contribution in [1.29, 1.82) is 0 Å². The number of hydrogen-bond donors (Lipinski definition) is 2. The van der Waals surface area contributed by atoms with E-state index in [0.717, 1.165) is 35.6 Å². The molecule has 5 heteroatoms. The lowest BCUT2D eigenvalue weighted by Crippen LogP contribution is -2.19. The third-order valence-electron chi connectivity index (χ3n) is 3.62. The van der Waals surface area contributed by atoms with Gasteiger partial charge in [-0.25, -0.2) is 4.79 Å². The molecule has 0 saturated heterocycles. The van der Waals surface area contributed by atoms with Crippen LogP contribution in [0.25, 0.3) is 0 Å². The van der Waals surface area contributed by atoms with Crippen LogP contribution in [-0.4, -0.2) is 36.1 Å². The predicted molar refractivity (Wildman–Crippen MR) is 81.9 cm³/mol. The molecule has 2 N–H and O–H groups in total. The molecule has 1 aromatic rings. The summed E-state index contributed by atoms with van der Waals surface area (Å²) in [7, 11) is 1.73. The van der Waals surface area contributed by atoms with Crippen molar-refractivity contribution in [2.75, 3.05) is 18.2 Å². The van der Waals surface area contributed by atoms with Crippen molar-refractivity contribution in [3.63, 3.8) is 0 Å². The molecule has 0 amide bonds. The highest BCUT2D eigenvalue weighted by molar-refractivity contribution is 7.99. The minimum atomic E-state index is -0.870. The molecule has 2 unspecified atom stereocenters. The van der Waals surface area contributed by atoms with Crippen LogP contribution in [0.3, 0.4) is 0 Å². The molecule has 0 aromatic heterocycles. The van der Waals surface area contributed by atoms with Crippen LogP contribution in [-0.2, 0) is 4.74 Å². The Labute approximate surface area is 123 Å². The van der Waals surface area contributed by atoms with Crippen molar-refractivity contribution < 1.29 is 14.6 Å². The maximum Gasteiger partial charge on any atom is 0.338 e. The molecule has 20 heavy (non-hydrogen) atoms. The first kappa shape index (κ1) is 15.2. The Kier molecular flexibility index (Phi) is 5.31. The number of ether oxygens (including phenoxy) is 1. The van der Waals surface area contributed by atoms with Gasteiger partial charge < -0.3 is 15.2 Å². The van der Waals surface area contributed by atoms with Crippen LogP contribution < -0.4 is 5.32 Å². The van der Waals surface area contributed by atoms with E-state index in [0.29, 0.717) is 11.6 Å². The monoisotopic (exact) mass is 295 g/mol. The normalized spacial score (nSPS) is 21.9. The van der Waals surface area contributed by atoms with E-state index in [-0.39, 0.29) is 6.10 Å². The molecule has 1 saturated carbocycles. The van der Waals surface area contributed by atoms with Crippen LogP contribution in [0.5, 0.6) is 0 Å². The molecule has 1 aliphatic rings. The Morgan fingerprint density at radius 2 is 2.30 bits per heavy atom. The number of methoxy groups -OCH3 is 1. The van der Waals surface area contributed by atoms with Gasteiger partial charge in [0.15, 0.2) is 0 Å². The fraction of sp³-hybridized carbons (Fsp3) is 0.533. The first-order valence-corrected chi connectivity index (χ1v) is 7.92. The number of aromatic carboxylic acids is 1. The zero-order chi connectivity index (χ0) is 14.5. The predicted octanol–water partition coefficient (Wildman–Crippen LogP) is 3.48. The highest BCUT2D eigenvalue weighted by atomic mass is 32.2. The Morgan fingerprint density at radius 3 is 2.90 bits per heavy atom. The van der Waals surface area contributed by atoms with E-state index in [4.69, 9.17) is 4.74 Å². The molecule has 1 aliphatic carbocycles. The second-order valence-electron chi connectivity index (χ2n) is 4.93. The lowest BCUT2D eigenvalue weighted by atomic mass is 10.1. The lowest BCUT2D eigenvalue weighted by molar-refractivity contribution is 0.0694. The Morgan fingerprint density at radius 1 is 1.50 bits per heavy atom. The van der Waals surface area contributed by atoms with Crippen LogP contribution in [0.1, 0.15) is 36.5 Å². The molecule has 2 atom stereocenters. The number of carboxylic acids is 1. The molecule has 0 aliphatic heterocycles. The number of benzene rings is 1. The number of carbonyl (C=O) groups is 1. The molecule has 0 radical (unpaired) electrons. The number of thioether (sulfide) groups is 1. The standard InChI is InChI=1S/C15H21NO3S/c1-3-20-13-6-4-5-12(14(13)15(17)18)16-10-7-8-11(9-10)19-2/h4-6,10-11,16H,3,7-9H2,1-2H3,(H,17,18). The fourth-order valence-electron chi connectivity index (χ4n) is 2.65. The van der Waals surface area contributed by atoms with E-state index in [1.54, 1.807) is 18.9 Å². The third-order valence-corrected chi connectivity index (χ3v) is 4.56. The van der Waals surface area contributed by atoms with E-state index in [9.17, 15) is 9.90 Å². The van der Waals surface area contributed by atoms with Crippen LogP contribution in [0.15, 0.2) is 23.1 Å². The van der Waals surface area contributed by atoms with E-state index >= 15 is 0 Å². The van der Waals surface area contributed by atoms with Crippen LogP contribution in [0.2, 0.25) is 0 Å². The van der Waals surface area contributed by atoms with Gasteiger partial charge in [0, 0.05) is 18.0 Å². The summed E-state index contributed by atoms with van der Waals surface area (Å²) in [5.41, 5.74) is 1.11. The van der Waals surface area contributed by atoms with Gasteiger partial charge in [0.05, 0.1) is 17.4 Å². The van der Waals surface area contributed by atoms with Gasteiger partial charge in [-0.3, -0.25) is 0 Å². The molecule has 0 spiro atoms. The van der Waals surface area contributed by atoms with Crippen molar-refractivity contribution in [2.45, 2.75) is 43.2 Å². The minimum Gasteiger partial charge on any atom is -0.478 e. The summed E-state index contributed by atoms with van der Waals surface area (Å²) in [4.78, 5) is 12.4. The minimum absolute atomic E-state index is 0.286. The summed E-state index contributed by atoms with van der Waals surface area (Å²) in [6.45, 7) is 2.02. The average molecular weight is 295 g/mol. The first-order chi connectivity index (χ1) is 9.65. The van der Waals surface area contributed by atoms with E-state index < -0.39 is 5.97 Å². The highest BCUT2D eigenvalue weighted by Crippen LogP contribution is 2.31. The van der Waals surface area contributed by atoms with Gasteiger partial charge in [-0.05, 0) is 37.1 Å². The molecule has 2 rings (SSSR count). The van der Waals surface area contributed by atoms with Gasteiger partial charge in [-0.2, -0.15) is 0 Å². The average Bonchev–Trinajstić information content (AvgIpc) is 2.86. The Hall–Kier alpha value is -1.20. The summed E-state index contributed by atoms with van der Waals surface area (Å²) in [5.74, 6) is -0.0100. The van der Waals surface area contributed by atoms with E-state index in [1.165, 1.54) is 0 Å². The van der Waals surface area contributed by atoms with Gasteiger partial charge in [0.1, 0.15) is 0 Å². The van der Waals surface area contributed by atoms with Gasteiger partial charge in [0.2, 0.25) is 0 Å². The first-order valence-electron chi connectivity index (χ1n) is 6.94. The quantitative estimate of drug-likeness (QED) is 0.787. The summed E-state index contributed by atoms with van der Waals surface area (Å²) in [5, 5.41) is 12.8. The molecular weight excluding hydrogens is 274 g/mol. The van der Waals surface area contributed by atoms with Crippen molar-refractivity contribution in [1.82, 2.24) is 0 Å². The zero-order valence-electron chi connectivity index (χ0n) is 11.9. The maximum atomic E-state index is 11.5. The van der Waals surface area contributed by atoms with Gasteiger partial charge in [-0.1, -0.05) is 13.0 Å².